The first-order chi connectivity index (χ1) is 9.58. The Hall–Kier alpha value is -1.32. The summed E-state index contributed by atoms with van der Waals surface area (Å²) in [5.41, 5.74) is 0. The minimum Gasteiger partial charge on any atom is -0.353 e. The number of anilines is 2. The molecule has 3 rings (SSSR count). The molecule has 0 bridgehead atoms. The van der Waals surface area contributed by atoms with Crippen molar-refractivity contribution in [2.75, 3.05) is 22.9 Å². The van der Waals surface area contributed by atoms with Crippen LogP contribution < -0.4 is 9.80 Å². The van der Waals surface area contributed by atoms with Crippen molar-refractivity contribution in [2.45, 2.75) is 52.6 Å². The summed E-state index contributed by atoms with van der Waals surface area (Å²) in [6.45, 7) is 11.5. The van der Waals surface area contributed by atoms with Gasteiger partial charge in [-0.25, -0.2) is 9.97 Å². The SMILES string of the molecule is CC1CCN(c2cc(N3CCC(C)C3C)ncn2)C1C. The maximum Gasteiger partial charge on any atom is 0.134 e. The molecule has 2 aliphatic heterocycles. The summed E-state index contributed by atoms with van der Waals surface area (Å²) >= 11 is 0. The molecular formula is C16H26N4. The van der Waals surface area contributed by atoms with E-state index in [2.05, 4.69) is 53.5 Å². The van der Waals surface area contributed by atoms with Crippen molar-refractivity contribution in [2.24, 2.45) is 11.8 Å². The molecule has 20 heavy (non-hydrogen) atoms. The highest BCUT2D eigenvalue weighted by atomic mass is 15.3. The largest absolute Gasteiger partial charge is 0.353 e. The molecule has 2 aliphatic rings. The summed E-state index contributed by atoms with van der Waals surface area (Å²) in [6, 6.07) is 3.34. The van der Waals surface area contributed by atoms with Crippen LogP contribution in [0.5, 0.6) is 0 Å². The van der Waals surface area contributed by atoms with Crippen molar-refractivity contribution in [1.82, 2.24) is 9.97 Å². The van der Waals surface area contributed by atoms with Crippen LogP contribution in [0, 0.1) is 11.8 Å². The first kappa shape index (κ1) is 13.7. The van der Waals surface area contributed by atoms with Crippen LogP contribution in [0.4, 0.5) is 11.6 Å². The van der Waals surface area contributed by atoms with Crippen molar-refractivity contribution >= 4 is 11.6 Å². The Labute approximate surface area is 122 Å². The number of nitrogens with zero attached hydrogens (tertiary/aromatic N) is 4. The van der Waals surface area contributed by atoms with E-state index in [1.54, 1.807) is 6.33 Å². The quantitative estimate of drug-likeness (QED) is 0.830. The predicted octanol–water partition coefficient (Wildman–Crippen LogP) is 2.95. The van der Waals surface area contributed by atoms with Gasteiger partial charge in [0.2, 0.25) is 0 Å². The molecule has 4 atom stereocenters. The lowest BCUT2D eigenvalue weighted by Gasteiger charge is -2.28. The molecule has 1 aromatic rings. The predicted molar refractivity (Wildman–Crippen MR) is 83.2 cm³/mol. The van der Waals surface area contributed by atoms with E-state index in [4.69, 9.17) is 0 Å². The van der Waals surface area contributed by atoms with E-state index in [0.29, 0.717) is 12.1 Å². The summed E-state index contributed by atoms with van der Waals surface area (Å²) in [6.07, 6.45) is 4.26. The van der Waals surface area contributed by atoms with Gasteiger partial charge in [0.15, 0.2) is 0 Å². The van der Waals surface area contributed by atoms with E-state index < -0.39 is 0 Å². The maximum atomic E-state index is 4.51. The van der Waals surface area contributed by atoms with Crippen LogP contribution in [0.25, 0.3) is 0 Å². The second-order valence-electron chi connectivity index (χ2n) is 6.63. The van der Waals surface area contributed by atoms with Crippen LogP contribution in [0.3, 0.4) is 0 Å². The third-order valence-corrected chi connectivity index (χ3v) is 5.51. The van der Waals surface area contributed by atoms with E-state index in [1.807, 2.05) is 0 Å². The lowest BCUT2D eigenvalue weighted by molar-refractivity contribution is 0.542. The number of hydrogen-bond donors (Lipinski definition) is 0. The molecule has 0 aliphatic carbocycles. The molecule has 0 N–H and O–H groups in total. The van der Waals surface area contributed by atoms with Crippen molar-refractivity contribution in [1.29, 1.82) is 0 Å². The van der Waals surface area contributed by atoms with Gasteiger partial charge in [-0.2, -0.15) is 0 Å². The van der Waals surface area contributed by atoms with Crippen LogP contribution >= 0.6 is 0 Å². The number of hydrogen-bond acceptors (Lipinski definition) is 4. The molecule has 110 valence electrons. The molecule has 0 amide bonds. The molecule has 3 heterocycles. The zero-order valence-corrected chi connectivity index (χ0v) is 13.1. The van der Waals surface area contributed by atoms with Gasteiger partial charge in [-0.05, 0) is 38.5 Å². The van der Waals surface area contributed by atoms with Gasteiger partial charge in [0.1, 0.15) is 18.0 Å². The summed E-state index contributed by atoms with van der Waals surface area (Å²) in [7, 11) is 0. The normalized spacial score (nSPS) is 34.0. The molecule has 1 aromatic heterocycles. The monoisotopic (exact) mass is 274 g/mol. The minimum atomic E-state index is 0.577. The Morgan fingerprint density at radius 2 is 1.30 bits per heavy atom. The van der Waals surface area contributed by atoms with Crippen LogP contribution in [0.1, 0.15) is 40.5 Å². The molecule has 2 saturated heterocycles. The van der Waals surface area contributed by atoms with Crippen LogP contribution in [0.15, 0.2) is 12.4 Å². The average Bonchev–Trinajstić information content (AvgIpc) is 2.95. The van der Waals surface area contributed by atoms with E-state index in [0.717, 1.165) is 36.6 Å². The summed E-state index contributed by atoms with van der Waals surface area (Å²) in [4.78, 5) is 13.9. The number of aromatic nitrogens is 2. The van der Waals surface area contributed by atoms with Crippen LogP contribution in [-0.2, 0) is 0 Å². The van der Waals surface area contributed by atoms with Gasteiger partial charge in [-0.3, -0.25) is 0 Å². The van der Waals surface area contributed by atoms with Crippen molar-refractivity contribution in [3.8, 4) is 0 Å². The van der Waals surface area contributed by atoms with E-state index in [1.165, 1.54) is 12.8 Å². The first-order valence-corrected chi connectivity index (χ1v) is 7.93. The molecule has 0 saturated carbocycles. The first-order valence-electron chi connectivity index (χ1n) is 7.93. The fraction of sp³-hybridized carbons (Fsp3) is 0.750. The van der Waals surface area contributed by atoms with Crippen LogP contribution in [0.2, 0.25) is 0 Å². The van der Waals surface area contributed by atoms with Gasteiger partial charge in [0, 0.05) is 31.2 Å². The highest BCUT2D eigenvalue weighted by Gasteiger charge is 2.31. The second-order valence-corrected chi connectivity index (χ2v) is 6.63. The number of rotatable bonds is 2. The van der Waals surface area contributed by atoms with Gasteiger partial charge in [-0.1, -0.05) is 13.8 Å². The average molecular weight is 274 g/mol. The molecule has 0 aromatic carbocycles. The van der Waals surface area contributed by atoms with E-state index >= 15 is 0 Å². The third-order valence-electron chi connectivity index (χ3n) is 5.51. The molecule has 4 heteroatoms. The van der Waals surface area contributed by atoms with Crippen molar-refractivity contribution < 1.29 is 0 Å². The Morgan fingerprint density at radius 3 is 1.65 bits per heavy atom. The lowest BCUT2D eigenvalue weighted by atomic mass is 10.1. The fourth-order valence-electron chi connectivity index (χ4n) is 3.49. The molecule has 0 spiro atoms. The fourth-order valence-corrected chi connectivity index (χ4v) is 3.49. The summed E-state index contributed by atoms with van der Waals surface area (Å²) in [5.74, 6) is 3.69. The van der Waals surface area contributed by atoms with Gasteiger partial charge < -0.3 is 9.80 Å². The lowest BCUT2D eigenvalue weighted by Crippen LogP contribution is -2.32. The van der Waals surface area contributed by atoms with Crippen molar-refractivity contribution in [3.05, 3.63) is 12.4 Å². The molecular weight excluding hydrogens is 248 g/mol. The van der Waals surface area contributed by atoms with Gasteiger partial charge >= 0.3 is 0 Å². The van der Waals surface area contributed by atoms with Gasteiger partial charge in [-0.15, -0.1) is 0 Å². The Bertz CT molecular complexity index is 436. The highest BCUT2D eigenvalue weighted by molar-refractivity contribution is 5.52. The Balaban J connectivity index is 1.83. The molecule has 0 radical (unpaired) electrons. The van der Waals surface area contributed by atoms with Gasteiger partial charge in [0.25, 0.3) is 0 Å². The van der Waals surface area contributed by atoms with Crippen LogP contribution in [-0.4, -0.2) is 35.1 Å². The third kappa shape index (κ3) is 2.25. The Kier molecular flexibility index (Phi) is 3.57. The van der Waals surface area contributed by atoms with Crippen molar-refractivity contribution in [3.63, 3.8) is 0 Å². The minimum absolute atomic E-state index is 0.577. The van der Waals surface area contributed by atoms with E-state index in [9.17, 15) is 0 Å². The zero-order chi connectivity index (χ0) is 14.3. The molecule has 2 fully saturated rings. The van der Waals surface area contributed by atoms with Gasteiger partial charge in [0.05, 0.1) is 0 Å². The molecule has 4 nitrogen and oxygen atoms in total. The smallest absolute Gasteiger partial charge is 0.134 e. The summed E-state index contributed by atoms with van der Waals surface area (Å²) < 4.78 is 0. The second kappa shape index (κ2) is 5.23. The molecule has 4 unspecified atom stereocenters. The zero-order valence-electron chi connectivity index (χ0n) is 13.1. The summed E-state index contributed by atoms with van der Waals surface area (Å²) in [5, 5.41) is 0. The van der Waals surface area contributed by atoms with E-state index in [-0.39, 0.29) is 0 Å². The maximum absolute atomic E-state index is 4.51. The highest BCUT2D eigenvalue weighted by Crippen LogP contribution is 2.32. The Morgan fingerprint density at radius 1 is 0.850 bits per heavy atom. The standard InChI is InChI=1S/C16H26N4/c1-11-5-7-19(13(11)3)15-9-16(18-10-17-15)20-8-6-12(2)14(20)4/h9-14H,5-8H2,1-4H3. The topological polar surface area (TPSA) is 32.3 Å².